The smallest absolute Gasteiger partial charge is 0.228 e. The number of aryl methyl sites for hydroxylation is 1. The average molecular weight is 524 g/mol. The van der Waals surface area contributed by atoms with E-state index in [0.29, 0.717) is 0 Å². The summed E-state index contributed by atoms with van der Waals surface area (Å²) >= 11 is 0. The van der Waals surface area contributed by atoms with Crippen LogP contribution in [0.3, 0.4) is 0 Å². The van der Waals surface area contributed by atoms with Crippen molar-refractivity contribution in [2.24, 2.45) is 0 Å². The van der Waals surface area contributed by atoms with Crippen LogP contribution in [0.15, 0.2) is 66.7 Å². The van der Waals surface area contributed by atoms with Gasteiger partial charge in [0.2, 0.25) is 5.91 Å². The highest BCUT2D eigenvalue weighted by Crippen LogP contribution is 2.35. The van der Waals surface area contributed by atoms with Crippen LogP contribution in [0.4, 0.5) is 11.5 Å². The molecular weight excluding hydrogens is 486 g/mol. The largest absolute Gasteiger partial charge is 0.496 e. The zero-order valence-electron chi connectivity index (χ0n) is 23.5. The fourth-order valence-corrected chi connectivity index (χ4v) is 5.19. The zero-order chi connectivity index (χ0) is 27.6. The van der Waals surface area contributed by atoms with Gasteiger partial charge in [-0.1, -0.05) is 63.2 Å². The number of pyridine rings is 1. The van der Waals surface area contributed by atoms with Gasteiger partial charge in [-0.2, -0.15) is 0 Å². The molecule has 1 saturated heterocycles. The van der Waals surface area contributed by atoms with E-state index in [2.05, 4.69) is 80.4 Å². The van der Waals surface area contributed by atoms with Crippen LogP contribution >= 0.6 is 0 Å². The molecule has 1 aliphatic rings. The molecule has 0 spiro atoms. The molecule has 0 atom stereocenters. The summed E-state index contributed by atoms with van der Waals surface area (Å²) in [5, 5.41) is 5.23. The van der Waals surface area contributed by atoms with Crippen LogP contribution in [0.25, 0.3) is 21.9 Å². The molecule has 6 heteroatoms. The van der Waals surface area contributed by atoms with Gasteiger partial charge in [0.05, 0.1) is 26.7 Å². The molecule has 1 aliphatic heterocycles. The lowest BCUT2D eigenvalue weighted by molar-refractivity contribution is -0.115. The van der Waals surface area contributed by atoms with E-state index in [-0.39, 0.29) is 17.7 Å². The van der Waals surface area contributed by atoms with Gasteiger partial charge in [-0.05, 0) is 53.1 Å². The van der Waals surface area contributed by atoms with Gasteiger partial charge in [-0.15, -0.1) is 0 Å². The second-order valence-corrected chi connectivity index (χ2v) is 11.1. The van der Waals surface area contributed by atoms with E-state index in [1.165, 1.54) is 5.56 Å². The first-order chi connectivity index (χ1) is 18.7. The first kappa shape index (κ1) is 26.7. The number of hydrogen-bond acceptors (Lipinski definition) is 5. The van der Waals surface area contributed by atoms with Crippen molar-refractivity contribution in [1.82, 2.24) is 4.98 Å². The molecule has 1 aromatic heterocycles. The Balaban J connectivity index is 1.43. The zero-order valence-corrected chi connectivity index (χ0v) is 23.5. The lowest BCUT2D eigenvalue weighted by Crippen LogP contribution is -2.36. The van der Waals surface area contributed by atoms with E-state index in [1.54, 1.807) is 7.11 Å². The second-order valence-electron chi connectivity index (χ2n) is 11.1. The molecule has 1 fully saturated rings. The molecule has 0 radical (unpaired) electrons. The van der Waals surface area contributed by atoms with Gasteiger partial charge in [0.15, 0.2) is 0 Å². The Bertz CT molecular complexity index is 1500. The summed E-state index contributed by atoms with van der Waals surface area (Å²) in [6, 6.07) is 22.6. The number of rotatable bonds is 6. The van der Waals surface area contributed by atoms with Gasteiger partial charge in [-0.25, -0.2) is 4.98 Å². The Morgan fingerprint density at radius 1 is 0.974 bits per heavy atom. The number of carbonyl (C=O) groups is 1. The maximum atomic E-state index is 13.3. The molecule has 39 heavy (non-hydrogen) atoms. The monoisotopic (exact) mass is 523 g/mol. The molecule has 2 heterocycles. The third-order valence-electron chi connectivity index (χ3n) is 7.39. The van der Waals surface area contributed by atoms with Crippen LogP contribution in [0.1, 0.15) is 37.6 Å². The normalized spacial score (nSPS) is 13.9. The second kappa shape index (κ2) is 11.1. The molecule has 202 valence electrons. The molecule has 0 bridgehead atoms. The Morgan fingerprint density at radius 3 is 2.38 bits per heavy atom. The number of carbonyl (C=O) groups excluding carboxylic acids is 1. The third kappa shape index (κ3) is 5.76. The molecule has 3 aromatic carbocycles. The first-order valence-corrected chi connectivity index (χ1v) is 13.5. The molecule has 6 nitrogen and oxygen atoms in total. The first-order valence-electron chi connectivity index (χ1n) is 13.5. The fourth-order valence-electron chi connectivity index (χ4n) is 5.19. The van der Waals surface area contributed by atoms with Crippen LogP contribution in [0, 0.1) is 6.92 Å². The Morgan fingerprint density at radius 2 is 1.69 bits per heavy atom. The Labute approximate surface area is 231 Å². The summed E-state index contributed by atoms with van der Waals surface area (Å²) in [4.78, 5) is 20.5. The lowest BCUT2D eigenvalue weighted by atomic mass is 9.85. The number of methoxy groups -OCH3 is 1. The van der Waals surface area contributed by atoms with Crippen LogP contribution < -0.4 is 15.0 Å². The van der Waals surface area contributed by atoms with E-state index in [9.17, 15) is 4.79 Å². The van der Waals surface area contributed by atoms with Crippen molar-refractivity contribution >= 4 is 28.2 Å². The highest BCUT2D eigenvalue weighted by atomic mass is 16.5. The summed E-state index contributed by atoms with van der Waals surface area (Å²) in [6.45, 7) is 11.7. The number of fused-ring (bicyclic) bond motifs is 1. The molecule has 5 rings (SSSR count). The quantitative estimate of drug-likeness (QED) is 0.311. The van der Waals surface area contributed by atoms with Gasteiger partial charge in [0, 0.05) is 41.0 Å². The topological polar surface area (TPSA) is 63.7 Å². The van der Waals surface area contributed by atoms with Gasteiger partial charge < -0.3 is 19.7 Å². The van der Waals surface area contributed by atoms with Crippen molar-refractivity contribution < 1.29 is 14.3 Å². The van der Waals surface area contributed by atoms with Gasteiger partial charge in [0.25, 0.3) is 0 Å². The number of nitrogens with zero attached hydrogens (tertiary/aromatic N) is 2. The molecule has 0 aliphatic carbocycles. The summed E-state index contributed by atoms with van der Waals surface area (Å²) < 4.78 is 11.1. The van der Waals surface area contributed by atoms with E-state index >= 15 is 0 Å². The van der Waals surface area contributed by atoms with Crippen LogP contribution in [-0.4, -0.2) is 44.3 Å². The number of benzene rings is 3. The van der Waals surface area contributed by atoms with Crippen molar-refractivity contribution in [1.29, 1.82) is 0 Å². The minimum atomic E-state index is -0.0787. The van der Waals surface area contributed by atoms with Crippen molar-refractivity contribution in [3.05, 3.63) is 83.6 Å². The van der Waals surface area contributed by atoms with Gasteiger partial charge in [0.1, 0.15) is 11.6 Å². The number of ether oxygens (including phenoxy) is 2. The van der Waals surface area contributed by atoms with E-state index in [0.717, 1.165) is 76.7 Å². The fraction of sp³-hybridized carbons (Fsp3) is 0.333. The number of hydrogen-bond donors (Lipinski definition) is 1. The predicted octanol–water partition coefficient (Wildman–Crippen LogP) is 6.53. The van der Waals surface area contributed by atoms with Crippen LogP contribution in [0.5, 0.6) is 5.75 Å². The predicted molar refractivity (Wildman–Crippen MR) is 159 cm³/mol. The molecule has 1 amide bonds. The summed E-state index contributed by atoms with van der Waals surface area (Å²) in [5.74, 6) is 1.63. The van der Waals surface area contributed by atoms with E-state index in [4.69, 9.17) is 14.5 Å². The van der Waals surface area contributed by atoms with E-state index < -0.39 is 0 Å². The highest BCUT2D eigenvalue weighted by Gasteiger charge is 2.19. The van der Waals surface area contributed by atoms with Crippen molar-refractivity contribution in [3.8, 4) is 16.9 Å². The van der Waals surface area contributed by atoms with Gasteiger partial charge >= 0.3 is 0 Å². The number of morpholine rings is 1. The Kier molecular flexibility index (Phi) is 7.58. The van der Waals surface area contributed by atoms with Crippen LogP contribution in [0.2, 0.25) is 0 Å². The summed E-state index contributed by atoms with van der Waals surface area (Å²) in [5.41, 5.74) is 5.99. The maximum Gasteiger partial charge on any atom is 0.228 e. The lowest BCUT2D eigenvalue weighted by Gasteiger charge is -2.28. The maximum absolute atomic E-state index is 13.3. The standard InChI is InChI=1S/C33H37N3O3/c1-22-25(12-15-31(34-22)36-16-18-39-19-17-36)27-11-13-29(28-9-7-6-8-26(27)28)35-32(37)21-23-20-24(33(2,3)4)10-14-30(23)38-5/h6-15,20H,16-19,21H2,1-5H3,(H,35,37). The molecular formula is C33H37N3O3. The molecule has 0 saturated carbocycles. The minimum absolute atomic E-state index is 0.0169. The van der Waals surface area contributed by atoms with Gasteiger partial charge in [-0.3, -0.25) is 4.79 Å². The average Bonchev–Trinajstić information content (AvgIpc) is 2.93. The number of nitrogens with one attached hydrogen (secondary N) is 1. The Hall–Kier alpha value is -3.90. The number of anilines is 2. The summed E-state index contributed by atoms with van der Waals surface area (Å²) in [6.07, 6.45) is 0.231. The number of aromatic nitrogens is 1. The molecule has 0 unspecified atom stereocenters. The van der Waals surface area contributed by atoms with Crippen molar-refractivity contribution in [3.63, 3.8) is 0 Å². The minimum Gasteiger partial charge on any atom is -0.496 e. The number of amides is 1. The van der Waals surface area contributed by atoms with Crippen LogP contribution in [-0.2, 0) is 21.4 Å². The summed E-state index contributed by atoms with van der Waals surface area (Å²) in [7, 11) is 1.64. The van der Waals surface area contributed by atoms with Crippen molar-refractivity contribution in [2.75, 3.05) is 43.6 Å². The molecule has 4 aromatic rings. The highest BCUT2D eigenvalue weighted by molar-refractivity contribution is 6.08. The molecule has 1 N–H and O–H groups in total. The van der Waals surface area contributed by atoms with E-state index in [1.807, 2.05) is 24.3 Å². The SMILES string of the molecule is COc1ccc(C(C)(C)C)cc1CC(=O)Nc1ccc(-c2ccc(N3CCOCC3)nc2C)c2ccccc12. The third-order valence-corrected chi connectivity index (χ3v) is 7.39. The van der Waals surface area contributed by atoms with Crippen molar-refractivity contribution in [2.45, 2.75) is 39.5 Å².